The first-order valence-corrected chi connectivity index (χ1v) is 6.86. The quantitative estimate of drug-likeness (QED) is 0.781. The Bertz CT molecular complexity index is 349. The zero-order valence-electron chi connectivity index (χ0n) is 12.9. The second kappa shape index (κ2) is 7.63. The van der Waals surface area contributed by atoms with Gasteiger partial charge in [0.1, 0.15) is 0 Å². The molecule has 1 rings (SSSR count). The summed E-state index contributed by atoms with van der Waals surface area (Å²) < 4.78 is 5.33. The van der Waals surface area contributed by atoms with E-state index in [0.717, 1.165) is 13.1 Å². The molecule has 19 heavy (non-hydrogen) atoms. The number of benzene rings is 1. The van der Waals surface area contributed by atoms with Crippen LogP contribution in [0.2, 0.25) is 0 Å². The van der Waals surface area contributed by atoms with Gasteiger partial charge in [-0.15, -0.1) is 0 Å². The molecule has 1 unspecified atom stereocenters. The highest BCUT2D eigenvalue weighted by atomic mass is 16.5. The standard InChI is InChI=1S/C16H28N2O/c1-16(2,13-18(3)4)12-17-15(11-19-5)14-9-7-6-8-10-14/h6-10,15,17H,11-13H2,1-5H3. The van der Waals surface area contributed by atoms with Crippen LogP contribution in [0.1, 0.15) is 25.5 Å². The summed E-state index contributed by atoms with van der Waals surface area (Å²) in [4.78, 5) is 2.23. The van der Waals surface area contributed by atoms with Gasteiger partial charge < -0.3 is 15.0 Å². The van der Waals surface area contributed by atoms with Crippen molar-refractivity contribution in [1.82, 2.24) is 10.2 Å². The van der Waals surface area contributed by atoms with E-state index in [4.69, 9.17) is 4.74 Å². The summed E-state index contributed by atoms with van der Waals surface area (Å²) in [6, 6.07) is 10.7. The Balaban J connectivity index is 2.60. The minimum Gasteiger partial charge on any atom is -0.383 e. The number of hydrogen-bond donors (Lipinski definition) is 1. The van der Waals surface area contributed by atoms with Gasteiger partial charge in [0.15, 0.2) is 0 Å². The van der Waals surface area contributed by atoms with E-state index in [1.54, 1.807) is 7.11 Å². The van der Waals surface area contributed by atoms with Gasteiger partial charge in [-0.25, -0.2) is 0 Å². The first kappa shape index (κ1) is 16.2. The molecule has 0 aliphatic carbocycles. The average Bonchev–Trinajstić information content (AvgIpc) is 2.34. The Labute approximate surface area is 118 Å². The normalized spacial score (nSPS) is 13.8. The van der Waals surface area contributed by atoms with Gasteiger partial charge in [-0.1, -0.05) is 44.2 Å². The lowest BCUT2D eigenvalue weighted by Gasteiger charge is -2.31. The maximum Gasteiger partial charge on any atom is 0.0657 e. The summed E-state index contributed by atoms with van der Waals surface area (Å²) in [5, 5.41) is 3.63. The van der Waals surface area contributed by atoms with E-state index in [9.17, 15) is 0 Å². The lowest BCUT2D eigenvalue weighted by molar-refractivity contribution is 0.153. The minimum atomic E-state index is 0.240. The fraction of sp³-hybridized carbons (Fsp3) is 0.625. The summed E-state index contributed by atoms with van der Waals surface area (Å²) >= 11 is 0. The second-order valence-electron chi connectivity index (χ2n) is 6.20. The van der Waals surface area contributed by atoms with E-state index in [1.165, 1.54) is 5.56 Å². The van der Waals surface area contributed by atoms with Crippen LogP contribution in [0.4, 0.5) is 0 Å². The zero-order valence-corrected chi connectivity index (χ0v) is 12.9. The summed E-state index contributed by atoms with van der Waals surface area (Å²) in [5.74, 6) is 0. The topological polar surface area (TPSA) is 24.5 Å². The van der Waals surface area contributed by atoms with Crippen LogP contribution in [0.3, 0.4) is 0 Å². The van der Waals surface area contributed by atoms with Crippen LogP contribution in [0.5, 0.6) is 0 Å². The van der Waals surface area contributed by atoms with Crippen molar-refractivity contribution in [3.8, 4) is 0 Å². The molecule has 0 fully saturated rings. The monoisotopic (exact) mass is 264 g/mol. The molecule has 3 heteroatoms. The number of nitrogens with one attached hydrogen (secondary N) is 1. The van der Waals surface area contributed by atoms with Crippen molar-refractivity contribution in [2.75, 3.05) is 40.9 Å². The highest BCUT2D eigenvalue weighted by Gasteiger charge is 2.21. The Morgan fingerprint density at radius 1 is 1.21 bits per heavy atom. The Morgan fingerprint density at radius 3 is 2.37 bits per heavy atom. The van der Waals surface area contributed by atoms with Gasteiger partial charge in [0, 0.05) is 20.2 Å². The van der Waals surface area contributed by atoms with Crippen LogP contribution >= 0.6 is 0 Å². The van der Waals surface area contributed by atoms with Gasteiger partial charge in [0.25, 0.3) is 0 Å². The second-order valence-corrected chi connectivity index (χ2v) is 6.20. The molecule has 0 heterocycles. The molecule has 1 aromatic rings. The first-order chi connectivity index (χ1) is 8.94. The highest BCUT2D eigenvalue weighted by molar-refractivity contribution is 5.19. The number of hydrogen-bond acceptors (Lipinski definition) is 3. The molecule has 1 aromatic carbocycles. The average molecular weight is 264 g/mol. The van der Waals surface area contributed by atoms with E-state index in [2.05, 4.69) is 62.4 Å². The van der Waals surface area contributed by atoms with Crippen LogP contribution in [0.25, 0.3) is 0 Å². The summed E-state index contributed by atoms with van der Waals surface area (Å²) in [7, 11) is 5.99. The molecule has 0 radical (unpaired) electrons. The minimum absolute atomic E-state index is 0.240. The zero-order chi connectivity index (χ0) is 14.3. The molecule has 0 saturated carbocycles. The van der Waals surface area contributed by atoms with Gasteiger partial charge in [-0.2, -0.15) is 0 Å². The van der Waals surface area contributed by atoms with Gasteiger partial charge in [0.05, 0.1) is 12.6 Å². The summed E-state index contributed by atoms with van der Waals surface area (Å²) in [6.07, 6.45) is 0. The highest BCUT2D eigenvalue weighted by Crippen LogP contribution is 2.18. The smallest absolute Gasteiger partial charge is 0.0657 e. The molecular weight excluding hydrogens is 236 g/mol. The fourth-order valence-electron chi connectivity index (χ4n) is 2.44. The maximum absolute atomic E-state index is 5.33. The van der Waals surface area contributed by atoms with E-state index >= 15 is 0 Å². The third-order valence-corrected chi connectivity index (χ3v) is 3.11. The summed E-state index contributed by atoms with van der Waals surface area (Å²) in [6.45, 7) is 7.30. The Morgan fingerprint density at radius 2 is 1.84 bits per heavy atom. The van der Waals surface area contributed by atoms with E-state index in [-0.39, 0.29) is 11.5 Å². The lowest BCUT2D eigenvalue weighted by atomic mass is 9.92. The van der Waals surface area contributed by atoms with Crippen molar-refractivity contribution in [2.24, 2.45) is 5.41 Å². The van der Waals surface area contributed by atoms with Gasteiger partial charge in [0.2, 0.25) is 0 Å². The summed E-state index contributed by atoms with van der Waals surface area (Å²) in [5.41, 5.74) is 1.52. The molecule has 0 aliphatic heterocycles. The van der Waals surface area contributed by atoms with Crippen LogP contribution in [0.15, 0.2) is 30.3 Å². The van der Waals surface area contributed by atoms with Crippen LogP contribution in [-0.2, 0) is 4.74 Å². The van der Waals surface area contributed by atoms with Crippen molar-refractivity contribution in [3.05, 3.63) is 35.9 Å². The molecule has 1 N–H and O–H groups in total. The SMILES string of the molecule is COCC(NCC(C)(C)CN(C)C)c1ccccc1. The molecule has 3 nitrogen and oxygen atoms in total. The lowest BCUT2D eigenvalue weighted by Crippen LogP contribution is -2.40. The van der Waals surface area contributed by atoms with Gasteiger partial charge >= 0.3 is 0 Å². The van der Waals surface area contributed by atoms with E-state index in [1.807, 2.05) is 6.07 Å². The molecule has 0 aromatic heterocycles. The van der Waals surface area contributed by atoms with Crippen molar-refractivity contribution >= 4 is 0 Å². The molecule has 108 valence electrons. The van der Waals surface area contributed by atoms with Crippen LogP contribution < -0.4 is 5.32 Å². The number of ether oxygens (including phenoxy) is 1. The predicted octanol–water partition coefficient (Wildman–Crippen LogP) is 2.55. The van der Waals surface area contributed by atoms with E-state index in [0.29, 0.717) is 6.61 Å². The van der Waals surface area contributed by atoms with Crippen molar-refractivity contribution in [2.45, 2.75) is 19.9 Å². The molecular formula is C16H28N2O. The van der Waals surface area contributed by atoms with Gasteiger partial charge in [-0.3, -0.25) is 0 Å². The molecule has 0 amide bonds. The van der Waals surface area contributed by atoms with Crippen molar-refractivity contribution < 1.29 is 4.74 Å². The third kappa shape index (κ3) is 6.19. The molecule has 0 spiro atoms. The fourth-order valence-corrected chi connectivity index (χ4v) is 2.44. The molecule has 0 saturated heterocycles. The number of rotatable bonds is 8. The number of methoxy groups -OCH3 is 1. The molecule has 0 aliphatic rings. The predicted molar refractivity (Wildman–Crippen MR) is 81.4 cm³/mol. The first-order valence-electron chi connectivity index (χ1n) is 6.86. The van der Waals surface area contributed by atoms with E-state index < -0.39 is 0 Å². The van der Waals surface area contributed by atoms with Crippen molar-refractivity contribution in [1.29, 1.82) is 0 Å². The van der Waals surface area contributed by atoms with Crippen molar-refractivity contribution in [3.63, 3.8) is 0 Å². The Kier molecular flexibility index (Phi) is 6.49. The maximum atomic E-state index is 5.33. The van der Waals surface area contributed by atoms with Crippen LogP contribution in [0, 0.1) is 5.41 Å². The molecule has 1 atom stereocenters. The molecule has 0 bridgehead atoms. The van der Waals surface area contributed by atoms with Crippen LogP contribution in [-0.4, -0.2) is 45.8 Å². The van der Waals surface area contributed by atoms with Gasteiger partial charge in [-0.05, 0) is 25.1 Å². The Hall–Kier alpha value is -0.900. The number of nitrogens with zero attached hydrogens (tertiary/aromatic N) is 1. The third-order valence-electron chi connectivity index (χ3n) is 3.11. The largest absolute Gasteiger partial charge is 0.383 e.